The first-order valence-electron chi connectivity index (χ1n) is 6.60. The quantitative estimate of drug-likeness (QED) is 0.946. The number of hydrogen-bond donors (Lipinski definition) is 1. The highest BCUT2D eigenvalue weighted by molar-refractivity contribution is 7.84. The lowest BCUT2D eigenvalue weighted by Crippen LogP contribution is -2.27. The molecule has 0 spiro atoms. The lowest BCUT2D eigenvalue weighted by Gasteiger charge is -2.15. The van der Waals surface area contributed by atoms with E-state index in [-0.39, 0.29) is 11.3 Å². The van der Waals surface area contributed by atoms with Crippen molar-refractivity contribution in [3.63, 3.8) is 0 Å². The molecule has 3 rings (SSSR count). The van der Waals surface area contributed by atoms with E-state index >= 15 is 0 Å². The summed E-state index contributed by atoms with van der Waals surface area (Å²) < 4.78 is 12.6. The zero-order chi connectivity index (χ0) is 14.1. The average Bonchev–Trinajstić information content (AvgIpc) is 2.79. The molecule has 20 heavy (non-hydrogen) atoms. The molecule has 0 saturated carbocycles. The van der Waals surface area contributed by atoms with Gasteiger partial charge in [-0.2, -0.15) is 0 Å². The first kappa shape index (κ1) is 13.8. The first-order valence-corrected chi connectivity index (χ1v) is 8.36. The van der Waals surface area contributed by atoms with E-state index in [9.17, 15) is 4.21 Å². The molecule has 0 fully saturated rings. The van der Waals surface area contributed by atoms with Crippen molar-refractivity contribution in [2.24, 2.45) is 5.73 Å². The molecule has 0 heterocycles. The highest BCUT2D eigenvalue weighted by atomic mass is 35.5. The normalized spacial score (nSPS) is 22.5. The summed E-state index contributed by atoms with van der Waals surface area (Å²) in [4.78, 5) is 0. The molecule has 3 unspecified atom stereocenters. The molecule has 0 aromatic heterocycles. The summed E-state index contributed by atoms with van der Waals surface area (Å²) in [6.07, 6.45) is 0.803. The van der Waals surface area contributed by atoms with Crippen molar-refractivity contribution < 1.29 is 4.21 Å². The summed E-state index contributed by atoms with van der Waals surface area (Å²) in [6, 6.07) is 15.5. The number of hydrogen-bond acceptors (Lipinski definition) is 2. The third-order valence-corrected chi connectivity index (χ3v) is 5.80. The predicted octanol–water partition coefficient (Wildman–Crippen LogP) is 3.21. The SMILES string of the molecule is NC1c2ccccc2CC1S(=O)Cc1ccc(Cl)cc1. The van der Waals surface area contributed by atoms with Gasteiger partial charge >= 0.3 is 0 Å². The van der Waals surface area contributed by atoms with Gasteiger partial charge in [-0.15, -0.1) is 0 Å². The van der Waals surface area contributed by atoms with E-state index in [2.05, 4.69) is 6.07 Å². The monoisotopic (exact) mass is 305 g/mol. The van der Waals surface area contributed by atoms with Crippen LogP contribution in [-0.2, 0) is 23.0 Å². The van der Waals surface area contributed by atoms with Gasteiger partial charge in [-0.3, -0.25) is 4.21 Å². The van der Waals surface area contributed by atoms with Gasteiger partial charge in [0.1, 0.15) is 0 Å². The number of benzene rings is 2. The standard InChI is InChI=1S/C16H16ClNOS/c17-13-7-5-11(6-8-13)10-20(19)15-9-12-3-1-2-4-14(12)16(15)18/h1-8,15-16H,9-10,18H2. The Morgan fingerprint density at radius 2 is 1.85 bits per heavy atom. The Bertz CT molecular complexity index is 641. The summed E-state index contributed by atoms with van der Waals surface area (Å²) in [5, 5.41) is 0.701. The van der Waals surface area contributed by atoms with Crippen LogP contribution in [0.3, 0.4) is 0 Å². The van der Waals surface area contributed by atoms with Crippen molar-refractivity contribution >= 4 is 22.4 Å². The molecule has 1 aliphatic rings. The van der Waals surface area contributed by atoms with Crippen LogP contribution in [0.2, 0.25) is 5.02 Å². The van der Waals surface area contributed by atoms with E-state index in [0.29, 0.717) is 10.8 Å². The Morgan fingerprint density at radius 3 is 2.55 bits per heavy atom. The summed E-state index contributed by atoms with van der Waals surface area (Å²) in [5.41, 5.74) is 9.66. The molecule has 0 amide bonds. The van der Waals surface area contributed by atoms with Crippen molar-refractivity contribution in [1.29, 1.82) is 0 Å². The Balaban J connectivity index is 1.75. The minimum absolute atomic E-state index is 0.00285. The van der Waals surface area contributed by atoms with Crippen molar-refractivity contribution in [3.05, 3.63) is 70.2 Å². The summed E-state index contributed by atoms with van der Waals surface area (Å²) in [5.74, 6) is 0.531. The molecule has 104 valence electrons. The van der Waals surface area contributed by atoms with Gasteiger partial charge in [0.25, 0.3) is 0 Å². The Kier molecular flexibility index (Phi) is 3.92. The van der Waals surface area contributed by atoms with Crippen LogP contribution >= 0.6 is 11.6 Å². The van der Waals surface area contributed by atoms with Crippen LogP contribution in [-0.4, -0.2) is 9.46 Å². The molecule has 3 atom stereocenters. The van der Waals surface area contributed by atoms with Crippen molar-refractivity contribution in [2.45, 2.75) is 23.5 Å². The van der Waals surface area contributed by atoms with Crippen molar-refractivity contribution in [1.82, 2.24) is 0 Å². The maximum absolute atomic E-state index is 12.6. The van der Waals surface area contributed by atoms with Crippen LogP contribution in [0.1, 0.15) is 22.7 Å². The molecule has 4 heteroatoms. The second-order valence-electron chi connectivity index (χ2n) is 5.12. The maximum Gasteiger partial charge on any atom is 0.0584 e. The number of halogens is 1. The summed E-state index contributed by atoms with van der Waals surface area (Å²) in [6.45, 7) is 0. The van der Waals surface area contributed by atoms with Crippen molar-refractivity contribution in [3.8, 4) is 0 Å². The fourth-order valence-electron chi connectivity index (χ4n) is 2.70. The third-order valence-electron chi connectivity index (χ3n) is 3.80. The number of rotatable bonds is 3. The maximum atomic E-state index is 12.6. The van der Waals surface area contributed by atoms with Gasteiger partial charge in [0.05, 0.1) is 5.25 Å². The topological polar surface area (TPSA) is 43.1 Å². The van der Waals surface area contributed by atoms with Crippen LogP contribution in [0.5, 0.6) is 0 Å². The average molecular weight is 306 g/mol. The predicted molar refractivity (Wildman–Crippen MR) is 84.2 cm³/mol. The molecule has 2 aromatic carbocycles. The molecule has 0 bridgehead atoms. The van der Waals surface area contributed by atoms with Crippen LogP contribution < -0.4 is 5.73 Å². The van der Waals surface area contributed by atoms with Crippen LogP contribution in [0.15, 0.2) is 48.5 Å². The molecule has 0 radical (unpaired) electrons. The summed E-state index contributed by atoms with van der Waals surface area (Å²) in [7, 11) is -0.977. The third kappa shape index (κ3) is 2.66. The first-order chi connectivity index (χ1) is 9.65. The lowest BCUT2D eigenvalue weighted by molar-refractivity contribution is 0.646. The number of fused-ring (bicyclic) bond motifs is 1. The smallest absolute Gasteiger partial charge is 0.0584 e. The van der Waals surface area contributed by atoms with Gasteiger partial charge in [-0.1, -0.05) is 48.0 Å². The van der Waals surface area contributed by atoms with Gasteiger partial charge in [-0.05, 0) is 35.2 Å². The van der Waals surface area contributed by atoms with Gasteiger partial charge in [-0.25, -0.2) is 0 Å². The second-order valence-corrected chi connectivity index (χ2v) is 7.21. The molecule has 0 aliphatic heterocycles. The molecule has 2 aromatic rings. The largest absolute Gasteiger partial charge is 0.323 e. The van der Waals surface area contributed by atoms with Crippen LogP contribution in [0.25, 0.3) is 0 Å². The Hall–Kier alpha value is -1.16. The highest BCUT2D eigenvalue weighted by Crippen LogP contribution is 2.33. The molecule has 0 saturated heterocycles. The van der Waals surface area contributed by atoms with E-state index in [0.717, 1.165) is 17.5 Å². The lowest BCUT2D eigenvalue weighted by atomic mass is 10.1. The Morgan fingerprint density at radius 1 is 1.15 bits per heavy atom. The molecule has 1 aliphatic carbocycles. The molecular weight excluding hydrogens is 290 g/mol. The van der Waals surface area contributed by atoms with Gasteiger partial charge < -0.3 is 5.73 Å². The Labute approximate surface area is 126 Å². The van der Waals surface area contributed by atoms with E-state index < -0.39 is 10.8 Å². The zero-order valence-electron chi connectivity index (χ0n) is 11.0. The van der Waals surface area contributed by atoms with E-state index in [1.807, 2.05) is 42.5 Å². The number of nitrogens with two attached hydrogens (primary N) is 1. The van der Waals surface area contributed by atoms with Crippen molar-refractivity contribution in [2.75, 3.05) is 0 Å². The second kappa shape index (κ2) is 5.68. The van der Waals surface area contributed by atoms with Crippen LogP contribution in [0.4, 0.5) is 0 Å². The minimum atomic E-state index is -0.977. The molecule has 2 N–H and O–H groups in total. The molecule has 2 nitrogen and oxygen atoms in total. The highest BCUT2D eigenvalue weighted by Gasteiger charge is 2.33. The minimum Gasteiger partial charge on any atom is -0.323 e. The zero-order valence-corrected chi connectivity index (χ0v) is 12.5. The fourth-order valence-corrected chi connectivity index (χ4v) is 4.40. The van der Waals surface area contributed by atoms with E-state index in [1.165, 1.54) is 5.56 Å². The van der Waals surface area contributed by atoms with E-state index in [1.54, 1.807) is 0 Å². The fraction of sp³-hybridized carbons (Fsp3) is 0.250. The van der Waals surface area contributed by atoms with Crippen LogP contribution in [0, 0.1) is 0 Å². The van der Waals surface area contributed by atoms with E-state index in [4.69, 9.17) is 17.3 Å². The van der Waals surface area contributed by atoms with Gasteiger partial charge in [0, 0.05) is 27.6 Å². The molecular formula is C16H16ClNOS. The summed E-state index contributed by atoms with van der Waals surface area (Å²) >= 11 is 5.86. The van der Waals surface area contributed by atoms with Gasteiger partial charge in [0.2, 0.25) is 0 Å². The van der Waals surface area contributed by atoms with Gasteiger partial charge in [0.15, 0.2) is 0 Å².